The summed E-state index contributed by atoms with van der Waals surface area (Å²) in [6.45, 7) is 3.84. The van der Waals surface area contributed by atoms with Gasteiger partial charge in [0.05, 0.1) is 11.4 Å². The average Bonchev–Trinajstić information content (AvgIpc) is 2.89. The number of anilines is 2. The lowest BCUT2D eigenvalue weighted by Crippen LogP contribution is -2.06. The van der Waals surface area contributed by atoms with E-state index in [-0.39, 0.29) is 0 Å². The fourth-order valence-electron chi connectivity index (χ4n) is 2.84. The van der Waals surface area contributed by atoms with Gasteiger partial charge in [0, 0.05) is 30.8 Å². The van der Waals surface area contributed by atoms with Crippen LogP contribution in [-0.4, -0.2) is 17.2 Å². The van der Waals surface area contributed by atoms with E-state index in [1.54, 1.807) is 0 Å². The van der Waals surface area contributed by atoms with Gasteiger partial charge >= 0.3 is 0 Å². The van der Waals surface area contributed by atoms with Crippen molar-refractivity contribution < 1.29 is 4.52 Å². The molecule has 0 unspecified atom stereocenters. The van der Waals surface area contributed by atoms with Crippen LogP contribution < -0.4 is 11.1 Å². The Morgan fingerprint density at radius 3 is 2.52 bits per heavy atom. The second-order valence-electron chi connectivity index (χ2n) is 5.52. The number of nitrogens with two attached hydrogens (primary N) is 1. The van der Waals surface area contributed by atoms with Crippen molar-refractivity contribution in [1.82, 2.24) is 10.1 Å². The first-order valence-corrected chi connectivity index (χ1v) is 7.54. The van der Waals surface area contributed by atoms with Crippen molar-refractivity contribution in [2.75, 3.05) is 18.1 Å². The Morgan fingerprint density at radius 2 is 1.91 bits per heavy atom. The molecule has 2 heterocycles. The van der Waals surface area contributed by atoms with E-state index in [4.69, 9.17) is 10.3 Å². The lowest BCUT2D eigenvalue weighted by Gasteiger charge is -2.15. The lowest BCUT2D eigenvalue weighted by atomic mass is 9.94. The Labute approximate surface area is 135 Å². The first kappa shape index (κ1) is 15.1. The molecule has 0 saturated carbocycles. The van der Waals surface area contributed by atoms with E-state index in [1.165, 1.54) is 5.56 Å². The fourth-order valence-corrected chi connectivity index (χ4v) is 2.84. The molecule has 0 radical (unpaired) electrons. The van der Waals surface area contributed by atoms with Gasteiger partial charge < -0.3 is 15.6 Å². The van der Waals surface area contributed by atoms with Crippen molar-refractivity contribution in [3.05, 3.63) is 59.1 Å². The minimum atomic E-state index is 0.661. The topological polar surface area (TPSA) is 77.0 Å². The highest BCUT2D eigenvalue weighted by molar-refractivity contribution is 5.80. The third-order valence-electron chi connectivity index (χ3n) is 3.99. The number of aromatic nitrogens is 2. The van der Waals surface area contributed by atoms with Gasteiger partial charge in [-0.1, -0.05) is 35.5 Å². The van der Waals surface area contributed by atoms with Crippen LogP contribution in [0, 0.1) is 13.8 Å². The van der Waals surface area contributed by atoms with Crippen LogP contribution in [0.1, 0.15) is 22.6 Å². The molecule has 3 aromatic rings. The number of nitrogens with one attached hydrogen (secondary N) is 1. The Hall–Kier alpha value is -2.82. The average molecular weight is 308 g/mol. The van der Waals surface area contributed by atoms with Gasteiger partial charge in [0.1, 0.15) is 11.6 Å². The molecule has 0 spiro atoms. The monoisotopic (exact) mass is 308 g/mol. The van der Waals surface area contributed by atoms with Crippen molar-refractivity contribution in [3.8, 4) is 11.1 Å². The first-order valence-electron chi connectivity index (χ1n) is 7.54. The van der Waals surface area contributed by atoms with E-state index in [1.807, 2.05) is 45.3 Å². The summed E-state index contributed by atoms with van der Waals surface area (Å²) in [5.74, 6) is 1.46. The summed E-state index contributed by atoms with van der Waals surface area (Å²) in [5, 5.41) is 7.10. The molecule has 0 fully saturated rings. The Bertz CT molecular complexity index is 805. The van der Waals surface area contributed by atoms with E-state index in [2.05, 4.69) is 27.6 Å². The fraction of sp³-hybridized carbons (Fsp3) is 0.222. The number of hydrogen-bond donors (Lipinski definition) is 2. The third-order valence-corrected chi connectivity index (χ3v) is 3.99. The molecule has 118 valence electrons. The van der Waals surface area contributed by atoms with Gasteiger partial charge in [-0.05, 0) is 25.0 Å². The molecule has 23 heavy (non-hydrogen) atoms. The zero-order valence-electron chi connectivity index (χ0n) is 13.6. The molecule has 0 amide bonds. The molecule has 3 rings (SSSR count). The first-order chi connectivity index (χ1) is 11.1. The highest BCUT2D eigenvalue weighted by atomic mass is 16.5. The lowest BCUT2D eigenvalue weighted by molar-refractivity contribution is 0.393. The molecule has 3 N–H and O–H groups in total. The van der Waals surface area contributed by atoms with Crippen molar-refractivity contribution in [2.45, 2.75) is 20.3 Å². The largest absolute Gasteiger partial charge is 0.395 e. The number of nitrogen functional groups attached to an aromatic ring is 1. The molecule has 0 bridgehead atoms. The summed E-state index contributed by atoms with van der Waals surface area (Å²) < 4.78 is 5.32. The smallest absolute Gasteiger partial charge is 0.149 e. The zero-order chi connectivity index (χ0) is 16.4. The molecule has 0 aliphatic heterocycles. The van der Waals surface area contributed by atoms with Gasteiger partial charge in [-0.25, -0.2) is 4.98 Å². The summed E-state index contributed by atoms with van der Waals surface area (Å²) in [7, 11) is 1.82. The number of aryl methyl sites for hydroxylation is 2. The molecule has 0 atom stereocenters. The normalized spacial score (nSPS) is 10.7. The maximum absolute atomic E-state index is 6.37. The second-order valence-corrected chi connectivity index (χ2v) is 5.52. The molecule has 5 heteroatoms. The third kappa shape index (κ3) is 2.77. The Morgan fingerprint density at radius 1 is 1.17 bits per heavy atom. The molecule has 1 aromatic carbocycles. The van der Waals surface area contributed by atoms with Crippen LogP contribution in [0.4, 0.5) is 11.5 Å². The van der Waals surface area contributed by atoms with Crippen LogP contribution >= 0.6 is 0 Å². The van der Waals surface area contributed by atoms with Gasteiger partial charge in [-0.3, -0.25) is 0 Å². The van der Waals surface area contributed by atoms with Crippen LogP contribution in [0.25, 0.3) is 11.1 Å². The zero-order valence-corrected chi connectivity index (χ0v) is 13.6. The highest BCUT2D eigenvalue weighted by Crippen LogP contribution is 2.36. The minimum Gasteiger partial charge on any atom is -0.395 e. The molecule has 0 aliphatic rings. The molecule has 0 aliphatic carbocycles. The molecular formula is C18H20N4O. The minimum absolute atomic E-state index is 0.661. The standard InChI is InChI=1S/C18H20N4O/c1-11-16(12(2)23-22-11)15-10-21-18(20-3)17(19)14(15)9-13-7-5-4-6-8-13/h4-8,10H,9,19H2,1-3H3,(H,20,21). The van der Waals surface area contributed by atoms with Crippen molar-refractivity contribution in [3.63, 3.8) is 0 Å². The number of rotatable bonds is 4. The second kappa shape index (κ2) is 6.12. The van der Waals surface area contributed by atoms with Gasteiger partial charge in [0.25, 0.3) is 0 Å². The predicted octanol–water partition coefficient (Wildman–Crippen LogP) is 3.57. The Kier molecular flexibility index (Phi) is 4.02. The van der Waals surface area contributed by atoms with Crippen LogP contribution in [0.3, 0.4) is 0 Å². The number of nitrogens with zero attached hydrogens (tertiary/aromatic N) is 2. The van der Waals surface area contributed by atoms with Gasteiger partial charge in [0.2, 0.25) is 0 Å². The van der Waals surface area contributed by atoms with Crippen molar-refractivity contribution in [2.24, 2.45) is 0 Å². The summed E-state index contributed by atoms with van der Waals surface area (Å²) in [6.07, 6.45) is 2.57. The number of pyridine rings is 1. The summed E-state index contributed by atoms with van der Waals surface area (Å²) >= 11 is 0. The summed E-state index contributed by atoms with van der Waals surface area (Å²) in [4.78, 5) is 4.43. The van der Waals surface area contributed by atoms with Crippen molar-refractivity contribution >= 4 is 11.5 Å². The molecule has 0 saturated heterocycles. The van der Waals surface area contributed by atoms with E-state index in [0.29, 0.717) is 11.5 Å². The predicted molar refractivity (Wildman–Crippen MR) is 92.4 cm³/mol. The quantitative estimate of drug-likeness (QED) is 0.770. The summed E-state index contributed by atoms with van der Waals surface area (Å²) in [5.41, 5.74) is 12.0. The maximum atomic E-state index is 6.37. The van der Waals surface area contributed by atoms with Gasteiger partial charge in [0.15, 0.2) is 0 Å². The summed E-state index contributed by atoms with van der Waals surface area (Å²) in [6, 6.07) is 10.3. The van der Waals surface area contributed by atoms with E-state index >= 15 is 0 Å². The van der Waals surface area contributed by atoms with E-state index in [0.717, 1.165) is 34.6 Å². The van der Waals surface area contributed by atoms with Crippen molar-refractivity contribution in [1.29, 1.82) is 0 Å². The van der Waals surface area contributed by atoms with E-state index < -0.39 is 0 Å². The molecule has 2 aromatic heterocycles. The van der Waals surface area contributed by atoms with E-state index in [9.17, 15) is 0 Å². The van der Waals surface area contributed by atoms with Crippen LogP contribution in [0.2, 0.25) is 0 Å². The number of benzene rings is 1. The molecule has 5 nitrogen and oxygen atoms in total. The highest BCUT2D eigenvalue weighted by Gasteiger charge is 2.19. The van der Waals surface area contributed by atoms with Gasteiger partial charge in [-0.2, -0.15) is 0 Å². The Balaban J connectivity index is 2.18. The van der Waals surface area contributed by atoms with Crippen LogP contribution in [0.5, 0.6) is 0 Å². The maximum Gasteiger partial charge on any atom is 0.149 e. The number of hydrogen-bond acceptors (Lipinski definition) is 5. The van der Waals surface area contributed by atoms with Gasteiger partial charge in [-0.15, -0.1) is 0 Å². The van der Waals surface area contributed by atoms with Crippen LogP contribution in [0.15, 0.2) is 41.1 Å². The van der Waals surface area contributed by atoms with Crippen LogP contribution in [-0.2, 0) is 6.42 Å². The SMILES string of the molecule is CNc1ncc(-c2c(C)noc2C)c(Cc2ccccc2)c1N. The molecular weight excluding hydrogens is 288 g/mol.